The van der Waals surface area contributed by atoms with Gasteiger partial charge in [-0.05, 0) is 0 Å². The van der Waals surface area contributed by atoms with Gasteiger partial charge in [0.05, 0.1) is 0 Å². The SMILES string of the molecule is C=C1CSC[C@@H](OC(=O)NC)SC1. The molecule has 1 aliphatic heterocycles. The minimum absolute atomic E-state index is 0.0378. The first-order valence-corrected chi connectivity index (χ1v) is 6.17. The Morgan fingerprint density at radius 2 is 2.46 bits per heavy atom. The average molecular weight is 219 g/mol. The quantitative estimate of drug-likeness (QED) is 0.681. The molecular weight excluding hydrogens is 206 g/mol. The van der Waals surface area contributed by atoms with Crippen molar-refractivity contribution < 1.29 is 9.53 Å². The number of rotatable bonds is 1. The second-order valence-electron chi connectivity index (χ2n) is 2.66. The molecule has 0 aliphatic carbocycles. The molecule has 0 aromatic rings. The van der Waals surface area contributed by atoms with E-state index in [0.29, 0.717) is 0 Å². The fourth-order valence-corrected chi connectivity index (χ4v) is 3.10. The maximum atomic E-state index is 10.9. The lowest BCUT2D eigenvalue weighted by Gasteiger charge is -2.13. The molecule has 0 bridgehead atoms. The zero-order chi connectivity index (χ0) is 9.68. The van der Waals surface area contributed by atoms with Crippen LogP contribution in [0.3, 0.4) is 0 Å². The van der Waals surface area contributed by atoms with E-state index in [1.807, 2.05) is 0 Å². The lowest BCUT2D eigenvalue weighted by molar-refractivity contribution is 0.145. The highest BCUT2D eigenvalue weighted by atomic mass is 32.2. The standard InChI is InChI=1S/C8H13NO2S2/c1-6-3-12-5-7(13-4-6)11-8(10)9-2/h7H,1,3-5H2,2H3,(H,9,10)/t7-/m0/s1. The molecule has 1 rings (SSSR count). The highest BCUT2D eigenvalue weighted by Gasteiger charge is 2.17. The number of alkyl carbamates (subject to hydrolysis) is 1. The summed E-state index contributed by atoms with van der Waals surface area (Å²) in [7, 11) is 1.57. The Kier molecular flexibility index (Phi) is 4.52. The molecule has 0 aromatic heterocycles. The Labute approximate surface area is 86.7 Å². The van der Waals surface area contributed by atoms with E-state index >= 15 is 0 Å². The first-order chi connectivity index (χ1) is 6.22. The second kappa shape index (κ2) is 5.44. The van der Waals surface area contributed by atoms with Crippen LogP contribution in [-0.4, -0.2) is 35.8 Å². The third-order valence-corrected chi connectivity index (χ3v) is 4.05. The van der Waals surface area contributed by atoms with Gasteiger partial charge in [0.25, 0.3) is 0 Å². The monoisotopic (exact) mass is 219 g/mol. The summed E-state index contributed by atoms with van der Waals surface area (Å²) in [5.74, 6) is 2.70. The molecule has 1 aliphatic rings. The number of hydrogen-bond acceptors (Lipinski definition) is 4. The van der Waals surface area contributed by atoms with Gasteiger partial charge < -0.3 is 10.1 Å². The summed E-state index contributed by atoms with van der Waals surface area (Å²) in [6.07, 6.45) is -0.356. The van der Waals surface area contributed by atoms with E-state index in [0.717, 1.165) is 17.3 Å². The summed E-state index contributed by atoms with van der Waals surface area (Å²) < 4.78 is 5.12. The number of carbonyl (C=O) groups is 1. The van der Waals surface area contributed by atoms with Crippen LogP contribution in [0.25, 0.3) is 0 Å². The van der Waals surface area contributed by atoms with E-state index in [1.54, 1.807) is 30.6 Å². The van der Waals surface area contributed by atoms with Crippen molar-refractivity contribution in [3.63, 3.8) is 0 Å². The minimum Gasteiger partial charge on any atom is -0.434 e. The van der Waals surface area contributed by atoms with Crippen LogP contribution in [0.2, 0.25) is 0 Å². The molecule has 13 heavy (non-hydrogen) atoms. The first kappa shape index (κ1) is 10.8. The van der Waals surface area contributed by atoms with E-state index in [-0.39, 0.29) is 11.5 Å². The van der Waals surface area contributed by atoms with Crippen molar-refractivity contribution in [3.05, 3.63) is 12.2 Å². The zero-order valence-electron chi connectivity index (χ0n) is 7.54. The van der Waals surface area contributed by atoms with Crippen LogP contribution >= 0.6 is 23.5 Å². The van der Waals surface area contributed by atoms with Gasteiger partial charge in [0.15, 0.2) is 5.44 Å². The van der Waals surface area contributed by atoms with Crippen molar-refractivity contribution in [2.45, 2.75) is 5.44 Å². The van der Waals surface area contributed by atoms with Gasteiger partial charge in [0, 0.05) is 24.3 Å². The molecule has 0 spiro atoms. The minimum atomic E-state index is -0.356. The summed E-state index contributed by atoms with van der Waals surface area (Å²) in [4.78, 5) is 10.9. The Balaban J connectivity index is 2.33. The highest BCUT2D eigenvalue weighted by Crippen LogP contribution is 2.26. The summed E-state index contributed by atoms with van der Waals surface area (Å²) in [6.45, 7) is 3.91. The molecule has 0 unspecified atom stereocenters. The Morgan fingerprint density at radius 1 is 1.69 bits per heavy atom. The van der Waals surface area contributed by atoms with E-state index in [1.165, 1.54) is 5.57 Å². The molecule has 1 fully saturated rings. The third-order valence-electron chi connectivity index (χ3n) is 1.48. The van der Waals surface area contributed by atoms with Gasteiger partial charge in [-0.1, -0.05) is 12.2 Å². The van der Waals surface area contributed by atoms with E-state index in [4.69, 9.17) is 4.74 Å². The van der Waals surface area contributed by atoms with E-state index < -0.39 is 0 Å². The van der Waals surface area contributed by atoms with Gasteiger partial charge in [-0.2, -0.15) is 11.8 Å². The maximum absolute atomic E-state index is 10.9. The van der Waals surface area contributed by atoms with Crippen LogP contribution in [0, 0.1) is 0 Å². The topological polar surface area (TPSA) is 38.3 Å². The van der Waals surface area contributed by atoms with E-state index in [2.05, 4.69) is 11.9 Å². The summed E-state index contributed by atoms with van der Waals surface area (Å²) >= 11 is 3.39. The highest BCUT2D eigenvalue weighted by molar-refractivity contribution is 8.04. The predicted molar refractivity (Wildman–Crippen MR) is 58.3 cm³/mol. The van der Waals surface area contributed by atoms with Crippen LogP contribution in [0.5, 0.6) is 0 Å². The van der Waals surface area contributed by atoms with E-state index in [9.17, 15) is 4.79 Å². The largest absolute Gasteiger partial charge is 0.434 e. The molecule has 5 heteroatoms. The Morgan fingerprint density at radius 3 is 3.15 bits per heavy atom. The molecule has 1 saturated heterocycles. The molecule has 1 heterocycles. The Bertz CT molecular complexity index is 208. The molecule has 0 radical (unpaired) electrons. The number of nitrogens with one attached hydrogen (secondary N) is 1. The smallest absolute Gasteiger partial charge is 0.408 e. The van der Waals surface area contributed by atoms with Crippen molar-refractivity contribution in [2.24, 2.45) is 0 Å². The van der Waals surface area contributed by atoms with Gasteiger partial charge in [-0.25, -0.2) is 4.79 Å². The number of hydrogen-bond donors (Lipinski definition) is 1. The summed E-state index contributed by atoms with van der Waals surface area (Å²) in [5, 5.41) is 2.44. The normalized spacial score (nSPS) is 23.5. The second-order valence-corrected chi connectivity index (χ2v) is 4.84. The van der Waals surface area contributed by atoms with Crippen LogP contribution in [0.4, 0.5) is 4.79 Å². The van der Waals surface area contributed by atoms with Crippen molar-refractivity contribution in [2.75, 3.05) is 24.3 Å². The number of carbonyl (C=O) groups excluding carboxylic acids is 1. The average Bonchev–Trinajstić information content (AvgIpc) is 2.31. The van der Waals surface area contributed by atoms with Crippen LogP contribution in [0.15, 0.2) is 12.2 Å². The molecule has 3 nitrogen and oxygen atoms in total. The fourth-order valence-electron chi connectivity index (χ4n) is 0.846. The van der Waals surface area contributed by atoms with Gasteiger partial charge in [0.1, 0.15) is 0 Å². The number of amides is 1. The van der Waals surface area contributed by atoms with Crippen molar-refractivity contribution in [1.29, 1.82) is 0 Å². The van der Waals surface area contributed by atoms with Gasteiger partial charge in [0.2, 0.25) is 0 Å². The lowest BCUT2D eigenvalue weighted by Crippen LogP contribution is -2.25. The van der Waals surface area contributed by atoms with Crippen molar-refractivity contribution in [3.8, 4) is 0 Å². The molecule has 1 atom stereocenters. The Hall–Kier alpha value is -0.290. The molecule has 0 saturated carbocycles. The third kappa shape index (κ3) is 3.95. The number of ether oxygens (including phenoxy) is 1. The van der Waals surface area contributed by atoms with Crippen molar-refractivity contribution in [1.82, 2.24) is 5.32 Å². The zero-order valence-corrected chi connectivity index (χ0v) is 9.17. The number of thioether (sulfide) groups is 2. The van der Waals surface area contributed by atoms with Crippen LogP contribution in [0.1, 0.15) is 0 Å². The lowest BCUT2D eigenvalue weighted by atomic mass is 10.4. The van der Waals surface area contributed by atoms with Crippen LogP contribution in [-0.2, 0) is 4.74 Å². The first-order valence-electron chi connectivity index (χ1n) is 3.96. The maximum Gasteiger partial charge on any atom is 0.408 e. The summed E-state index contributed by atoms with van der Waals surface area (Å²) in [6, 6.07) is 0. The van der Waals surface area contributed by atoms with Gasteiger partial charge in [-0.3, -0.25) is 0 Å². The summed E-state index contributed by atoms with van der Waals surface area (Å²) in [5.41, 5.74) is 1.17. The molecule has 74 valence electrons. The van der Waals surface area contributed by atoms with Gasteiger partial charge in [-0.15, -0.1) is 11.8 Å². The predicted octanol–water partition coefficient (Wildman–Crippen LogP) is 1.70. The molecule has 1 N–H and O–H groups in total. The fraction of sp³-hybridized carbons (Fsp3) is 0.625. The molecule has 0 aromatic carbocycles. The van der Waals surface area contributed by atoms with Crippen molar-refractivity contribution >= 4 is 29.6 Å². The van der Waals surface area contributed by atoms with Gasteiger partial charge >= 0.3 is 6.09 Å². The molecular formula is C8H13NO2S2. The van der Waals surface area contributed by atoms with Crippen LogP contribution < -0.4 is 5.32 Å². The molecule has 1 amide bonds.